The van der Waals surface area contributed by atoms with Crippen molar-refractivity contribution >= 4 is 6.47 Å². The SMILES string of the molecule is CC(CN1CC1C)OC=O. The number of hydrogen-bond donors (Lipinski definition) is 0. The molecule has 0 radical (unpaired) electrons. The summed E-state index contributed by atoms with van der Waals surface area (Å²) in [7, 11) is 0. The molecule has 3 atom stereocenters. The van der Waals surface area contributed by atoms with Crippen molar-refractivity contribution in [2.75, 3.05) is 13.1 Å². The fourth-order valence-corrected chi connectivity index (χ4v) is 1.01. The molecule has 0 aromatic carbocycles. The molecule has 1 aliphatic heterocycles. The third-order valence-corrected chi connectivity index (χ3v) is 1.77. The molecule has 0 aromatic rings. The van der Waals surface area contributed by atoms with Crippen molar-refractivity contribution < 1.29 is 9.53 Å². The lowest BCUT2D eigenvalue weighted by Gasteiger charge is -2.08. The van der Waals surface area contributed by atoms with E-state index in [2.05, 4.69) is 11.8 Å². The molecule has 1 fully saturated rings. The maximum Gasteiger partial charge on any atom is 0.293 e. The molecule has 58 valence electrons. The van der Waals surface area contributed by atoms with Crippen LogP contribution in [0.5, 0.6) is 0 Å². The van der Waals surface area contributed by atoms with Gasteiger partial charge in [0.25, 0.3) is 6.47 Å². The summed E-state index contributed by atoms with van der Waals surface area (Å²) in [5, 5.41) is 0. The number of carbonyl (C=O) groups excluding carboxylic acids is 1. The molecule has 1 saturated heterocycles. The molecule has 0 bridgehead atoms. The summed E-state index contributed by atoms with van der Waals surface area (Å²) >= 11 is 0. The van der Waals surface area contributed by atoms with E-state index < -0.39 is 0 Å². The first-order valence-corrected chi connectivity index (χ1v) is 3.57. The van der Waals surface area contributed by atoms with Gasteiger partial charge in [0, 0.05) is 19.1 Å². The van der Waals surface area contributed by atoms with Crippen LogP contribution >= 0.6 is 0 Å². The Labute approximate surface area is 61.0 Å². The molecule has 0 N–H and O–H groups in total. The van der Waals surface area contributed by atoms with Gasteiger partial charge >= 0.3 is 0 Å². The van der Waals surface area contributed by atoms with Crippen molar-refractivity contribution in [2.45, 2.75) is 26.0 Å². The maximum atomic E-state index is 9.86. The van der Waals surface area contributed by atoms with Crippen LogP contribution in [0.3, 0.4) is 0 Å². The Morgan fingerprint density at radius 2 is 2.50 bits per heavy atom. The molecular weight excluding hydrogens is 130 g/mol. The quantitative estimate of drug-likeness (QED) is 0.417. The highest BCUT2D eigenvalue weighted by Crippen LogP contribution is 2.16. The highest BCUT2D eigenvalue weighted by Gasteiger charge is 2.30. The van der Waals surface area contributed by atoms with E-state index in [0.29, 0.717) is 12.5 Å². The van der Waals surface area contributed by atoms with Gasteiger partial charge in [0.05, 0.1) is 0 Å². The minimum atomic E-state index is 0.0439. The zero-order valence-electron chi connectivity index (χ0n) is 6.41. The van der Waals surface area contributed by atoms with Gasteiger partial charge < -0.3 is 4.74 Å². The highest BCUT2D eigenvalue weighted by atomic mass is 16.5. The maximum absolute atomic E-state index is 9.86. The van der Waals surface area contributed by atoms with Crippen molar-refractivity contribution in [3.8, 4) is 0 Å². The van der Waals surface area contributed by atoms with Crippen LogP contribution < -0.4 is 0 Å². The van der Waals surface area contributed by atoms with E-state index in [4.69, 9.17) is 4.74 Å². The highest BCUT2D eigenvalue weighted by molar-refractivity contribution is 5.37. The molecule has 0 spiro atoms. The van der Waals surface area contributed by atoms with Crippen LogP contribution in [-0.2, 0) is 9.53 Å². The Morgan fingerprint density at radius 1 is 1.90 bits per heavy atom. The first-order chi connectivity index (χ1) is 4.74. The second-order valence-corrected chi connectivity index (χ2v) is 2.85. The summed E-state index contributed by atoms with van der Waals surface area (Å²) in [6, 6.07) is 0.692. The molecule has 3 nitrogen and oxygen atoms in total. The van der Waals surface area contributed by atoms with Crippen LogP contribution in [-0.4, -0.2) is 36.6 Å². The third-order valence-electron chi connectivity index (χ3n) is 1.77. The predicted octanol–water partition coefficient (Wildman–Crippen LogP) is 0.252. The Balaban J connectivity index is 2.06. The average molecular weight is 143 g/mol. The lowest BCUT2D eigenvalue weighted by molar-refractivity contribution is -0.133. The van der Waals surface area contributed by atoms with Crippen LogP contribution in [0.2, 0.25) is 0 Å². The van der Waals surface area contributed by atoms with Gasteiger partial charge in [0.2, 0.25) is 0 Å². The van der Waals surface area contributed by atoms with E-state index in [0.717, 1.165) is 13.1 Å². The second-order valence-electron chi connectivity index (χ2n) is 2.85. The lowest BCUT2D eigenvalue weighted by Crippen LogP contribution is -2.19. The topological polar surface area (TPSA) is 29.3 Å². The Bertz CT molecular complexity index is 127. The summed E-state index contributed by atoms with van der Waals surface area (Å²) in [6.07, 6.45) is 0.0439. The van der Waals surface area contributed by atoms with Crippen LogP contribution in [0.1, 0.15) is 13.8 Å². The van der Waals surface area contributed by atoms with E-state index in [-0.39, 0.29) is 6.10 Å². The monoisotopic (exact) mass is 143 g/mol. The first kappa shape index (κ1) is 7.54. The normalized spacial score (nSPS) is 33.0. The summed E-state index contributed by atoms with van der Waals surface area (Å²) in [4.78, 5) is 12.1. The fraction of sp³-hybridized carbons (Fsp3) is 0.857. The predicted molar refractivity (Wildman–Crippen MR) is 37.6 cm³/mol. The molecule has 1 aliphatic rings. The molecule has 3 heteroatoms. The average Bonchev–Trinajstić information content (AvgIpc) is 2.47. The number of carbonyl (C=O) groups is 1. The van der Waals surface area contributed by atoms with Gasteiger partial charge in [0.15, 0.2) is 0 Å². The van der Waals surface area contributed by atoms with Crippen molar-refractivity contribution in [1.82, 2.24) is 4.90 Å². The van der Waals surface area contributed by atoms with Gasteiger partial charge in [-0.1, -0.05) is 0 Å². The fourth-order valence-electron chi connectivity index (χ4n) is 1.01. The number of hydrogen-bond acceptors (Lipinski definition) is 3. The molecule has 0 aliphatic carbocycles. The summed E-state index contributed by atoms with van der Waals surface area (Å²) < 4.78 is 4.72. The largest absolute Gasteiger partial charge is 0.464 e. The van der Waals surface area contributed by atoms with Crippen molar-refractivity contribution in [3.63, 3.8) is 0 Å². The molecule has 0 saturated carbocycles. The van der Waals surface area contributed by atoms with E-state index >= 15 is 0 Å². The third kappa shape index (κ3) is 1.99. The van der Waals surface area contributed by atoms with Gasteiger partial charge in [-0.15, -0.1) is 0 Å². The number of nitrogens with zero attached hydrogens (tertiary/aromatic N) is 1. The second kappa shape index (κ2) is 3.01. The lowest BCUT2D eigenvalue weighted by atomic mass is 10.4. The Kier molecular flexibility index (Phi) is 2.27. The van der Waals surface area contributed by atoms with Crippen LogP contribution in [0.4, 0.5) is 0 Å². The molecular formula is C7H13NO2. The van der Waals surface area contributed by atoms with E-state index in [1.54, 1.807) is 0 Å². The van der Waals surface area contributed by atoms with Gasteiger partial charge in [-0.3, -0.25) is 9.69 Å². The van der Waals surface area contributed by atoms with Crippen molar-refractivity contribution in [3.05, 3.63) is 0 Å². The van der Waals surface area contributed by atoms with Crippen LogP contribution in [0.25, 0.3) is 0 Å². The van der Waals surface area contributed by atoms with Crippen molar-refractivity contribution in [1.29, 1.82) is 0 Å². The number of rotatable bonds is 4. The molecule has 0 aromatic heterocycles. The van der Waals surface area contributed by atoms with Crippen molar-refractivity contribution in [2.24, 2.45) is 0 Å². The Hall–Kier alpha value is -0.570. The molecule has 1 rings (SSSR count). The zero-order valence-corrected chi connectivity index (χ0v) is 6.41. The Morgan fingerprint density at radius 3 is 2.90 bits per heavy atom. The standard InChI is InChI=1S/C7H13NO2/c1-6-3-8(6)4-7(2)10-5-9/h5-7H,3-4H2,1-2H3. The van der Waals surface area contributed by atoms with Gasteiger partial charge in [-0.2, -0.15) is 0 Å². The van der Waals surface area contributed by atoms with Crippen LogP contribution in [0, 0.1) is 0 Å². The van der Waals surface area contributed by atoms with Gasteiger partial charge in [0.1, 0.15) is 6.10 Å². The first-order valence-electron chi connectivity index (χ1n) is 3.57. The molecule has 1 heterocycles. The van der Waals surface area contributed by atoms with E-state index in [9.17, 15) is 4.79 Å². The molecule has 3 unspecified atom stereocenters. The van der Waals surface area contributed by atoms with Gasteiger partial charge in [-0.05, 0) is 13.8 Å². The van der Waals surface area contributed by atoms with Gasteiger partial charge in [-0.25, -0.2) is 0 Å². The van der Waals surface area contributed by atoms with Crippen LogP contribution in [0.15, 0.2) is 0 Å². The smallest absolute Gasteiger partial charge is 0.293 e. The summed E-state index contributed by atoms with van der Waals surface area (Å²) in [5.74, 6) is 0. The molecule has 10 heavy (non-hydrogen) atoms. The van der Waals surface area contributed by atoms with E-state index in [1.165, 1.54) is 0 Å². The minimum Gasteiger partial charge on any atom is -0.464 e. The summed E-state index contributed by atoms with van der Waals surface area (Å²) in [5.41, 5.74) is 0. The number of ether oxygens (including phenoxy) is 1. The summed E-state index contributed by atoms with van der Waals surface area (Å²) in [6.45, 7) is 6.60. The molecule has 0 amide bonds. The van der Waals surface area contributed by atoms with E-state index in [1.807, 2.05) is 6.92 Å². The zero-order chi connectivity index (χ0) is 7.56. The minimum absolute atomic E-state index is 0.0439.